The van der Waals surface area contributed by atoms with Crippen LogP contribution in [0.1, 0.15) is 6.92 Å². The fourth-order valence-electron chi connectivity index (χ4n) is 0.810. The molecule has 0 aromatic carbocycles. The van der Waals surface area contributed by atoms with Crippen LogP contribution in [0.5, 0.6) is 0 Å². The molecule has 0 heterocycles. The molecule has 74 valence electrons. The Balaban J connectivity index is 3.71. The molecule has 0 N–H and O–H groups in total. The lowest BCUT2D eigenvalue weighted by Crippen LogP contribution is -2.17. The molecule has 0 amide bonds. The van der Waals surface area contributed by atoms with Crippen molar-refractivity contribution in [3.63, 3.8) is 0 Å². The number of allylic oxidation sites excluding steroid dienone is 1. The Kier molecular flexibility index (Phi) is 5.77. The second-order valence-corrected chi connectivity index (χ2v) is 10.0. The van der Waals surface area contributed by atoms with Crippen molar-refractivity contribution in [3.8, 4) is 12.3 Å². The van der Waals surface area contributed by atoms with Gasteiger partial charge in [-0.3, -0.25) is 0 Å². The Morgan fingerprint density at radius 3 is 2.54 bits per heavy atom. The second-order valence-electron chi connectivity index (χ2n) is 4.51. The van der Waals surface area contributed by atoms with Gasteiger partial charge in [-0.2, -0.15) is 0 Å². The van der Waals surface area contributed by atoms with E-state index >= 15 is 0 Å². The van der Waals surface area contributed by atoms with E-state index in [1.807, 2.05) is 0 Å². The normalized spacial score (nSPS) is 12.7. The van der Waals surface area contributed by atoms with E-state index in [9.17, 15) is 0 Å². The van der Waals surface area contributed by atoms with E-state index in [1.54, 1.807) is 0 Å². The highest BCUT2D eigenvalue weighted by Gasteiger charge is 2.09. The van der Waals surface area contributed by atoms with Crippen molar-refractivity contribution in [2.45, 2.75) is 32.6 Å². The monoisotopic (exact) mass is 196 g/mol. The smallest absolute Gasteiger partial charge is 0.107 e. The Bertz CT molecular complexity index is 205. The minimum Gasteiger partial charge on any atom is -0.364 e. The Hall–Kier alpha value is -0.523. The maximum absolute atomic E-state index is 5.22. The molecule has 0 aromatic rings. The Morgan fingerprint density at radius 1 is 1.46 bits per heavy atom. The molecule has 0 atom stereocenters. The van der Waals surface area contributed by atoms with Crippen LogP contribution < -0.4 is 0 Å². The van der Waals surface area contributed by atoms with Gasteiger partial charge < -0.3 is 4.74 Å². The zero-order valence-corrected chi connectivity index (χ0v) is 10.2. The van der Waals surface area contributed by atoms with Crippen LogP contribution in [-0.2, 0) is 4.74 Å². The van der Waals surface area contributed by atoms with Gasteiger partial charge in [-0.25, -0.2) is 0 Å². The molecular weight excluding hydrogens is 176 g/mol. The lowest BCUT2D eigenvalue weighted by atomic mass is 10.3. The van der Waals surface area contributed by atoms with Crippen LogP contribution in [0, 0.1) is 12.3 Å². The molecule has 0 rings (SSSR count). The molecule has 0 radical (unpaired) electrons. The number of terminal acetylenes is 1. The third-order valence-electron chi connectivity index (χ3n) is 1.58. The minimum absolute atomic E-state index is 0.415. The van der Waals surface area contributed by atoms with E-state index in [-0.39, 0.29) is 0 Å². The van der Waals surface area contributed by atoms with Crippen LogP contribution in [0.15, 0.2) is 11.6 Å². The maximum atomic E-state index is 5.22. The summed E-state index contributed by atoms with van der Waals surface area (Å²) in [7, 11) is -0.940. The predicted octanol–water partition coefficient (Wildman–Crippen LogP) is 2.92. The summed E-state index contributed by atoms with van der Waals surface area (Å²) in [6, 6.07) is 1.22. The summed E-state index contributed by atoms with van der Waals surface area (Å²) in [5.41, 5.74) is 1.29. The van der Waals surface area contributed by atoms with Gasteiger partial charge in [0.15, 0.2) is 0 Å². The molecule has 0 aliphatic carbocycles. The lowest BCUT2D eigenvalue weighted by molar-refractivity contribution is 0.192. The second kappa shape index (κ2) is 6.01. The fourth-order valence-corrected chi connectivity index (χ4v) is 1.77. The van der Waals surface area contributed by atoms with Gasteiger partial charge in [0.25, 0.3) is 0 Å². The SMILES string of the molecule is C#CCOC/C(C)=C\C[Si](C)(C)C. The molecule has 0 spiro atoms. The first-order chi connectivity index (χ1) is 5.95. The first kappa shape index (κ1) is 12.5. The predicted molar refractivity (Wildman–Crippen MR) is 61.6 cm³/mol. The third kappa shape index (κ3) is 9.39. The number of hydrogen-bond acceptors (Lipinski definition) is 1. The molecule has 0 aliphatic heterocycles. The molecule has 0 saturated carbocycles. The first-order valence-corrected chi connectivity index (χ1v) is 8.33. The summed E-state index contributed by atoms with van der Waals surface area (Å²) in [6.45, 7) is 10.3. The van der Waals surface area contributed by atoms with Crippen molar-refractivity contribution in [3.05, 3.63) is 11.6 Å². The van der Waals surface area contributed by atoms with E-state index < -0.39 is 8.07 Å². The molecule has 0 bridgehead atoms. The molecule has 0 saturated heterocycles. The van der Waals surface area contributed by atoms with Crippen molar-refractivity contribution < 1.29 is 4.74 Å². The largest absolute Gasteiger partial charge is 0.364 e. The summed E-state index contributed by atoms with van der Waals surface area (Å²) in [4.78, 5) is 0. The third-order valence-corrected chi connectivity index (χ3v) is 3.01. The highest BCUT2D eigenvalue weighted by Crippen LogP contribution is 2.10. The summed E-state index contributed by atoms with van der Waals surface area (Å²) in [5, 5.41) is 0. The van der Waals surface area contributed by atoms with Crippen LogP contribution in [-0.4, -0.2) is 21.3 Å². The van der Waals surface area contributed by atoms with Crippen LogP contribution in [0.2, 0.25) is 25.7 Å². The van der Waals surface area contributed by atoms with Gasteiger partial charge in [-0.05, 0) is 13.0 Å². The van der Waals surface area contributed by atoms with Crippen LogP contribution in [0.4, 0.5) is 0 Å². The summed E-state index contributed by atoms with van der Waals surface area (Å²) < 4.78 is 5.22. The van der Waals surface area contributed by atoms with E-state index in [1.165, 1.54) is 11.6 Å². The molecule has 0 fully saturated rings. The number of rotatable bonds is 5. The molecule has 0 aliphatic rings. The molecule has 1 nitrogen and oxygen atoms in total. The summed E-state index contributed by atoms with van der Waals surface area (Å²) in [5.74, 6) is 2.45. The van der Waals surface area contributed by atoms with Gasteiger partial charge >= 0.3 is 0 Å². The van der Waals surface area contributed by atoms with Crippen molar-refractivity contribution in [2.75, 3.05) is 13.2 Å². The maximum Gasteiger partial charge on any atom is 0.107 e. The molecule has 2 heteroatoms. The van der Waals surface area contributed by atoms with Gasteiger partial charge in [0.2, 0.25) is 0 Å². The van der Waals surface area contributed by atoms with E-state index in [2.05, 4.69) is 38.6 Å². The minimum atomic E-state index is -0.940. The number of ether oxygens (including phenoxy) is 1. The zero-order valence-electron chi connectivity index (χ0n) is 9.18. The quantitative estimate of drug-likeness (QED) is 0.284. The van der Waals surface area contributed by atoms with Gasteiger partial charge in [0.1, 0.15) is 6.61 Å². The van der Waals surface area contributed by atoms with Gasteiger partial charge in [-0.1, -0.05) is 37.2 Å². The van der Waals surface area contributed by atoms with Crippen LogP contribution >= 0.6 is 0 Å². The zero-order chi connectivity index (χ0) is 10.3. The molecular formula is C11H20OSi. The standard InChI is InChI=1S/C11H20OSi/c1-6-8-12-10-11(2)7-9-13(3,4)5/h1,7H,8-10H2,2-5H3/b11-7-. The lowest BCUT2D eigenvalue weighted by Gasteiger charge is -2.12. The van der Waals surface area contributed by atoms with E-state index in [0.29, 0.717) is 13.2 Å². The average Bonchev–Trinajstić information content (AvgIpc) is 2.00. The van der Waals surface area contributed by atoms with Crippen LogP contribution in [0.3, 0.4) is 0 Å². The van der Waals surface area contributed by atoms with Crippen LogP contribution in [0.25, 0.3) is 0 Å². The highest BCUT2D eigenvalue weighted by molar-refractivity contribution is 6.76. The Morgan fingerprint density at radius 2 is 2.08 bits per heavy atom. The van der Waals surface area contributed by atoms with E-state index in [4.69, 9.17) is 11.2 Å². The molecule has 13 heavy (non-hydrogen) atoms. The van der Waals surface area contributed by atoms with Crippen molar-refractivity contribution >= 4 is 8.07 Å². The summed E-state index contributed by atoms with van der Waals surface area (Å²) in [6.07, 6.45) is 7.35. The van der Waals surface area contributed by atoms with Gasteiger partial charge in [-0.15, -0.1) is 6.42 Å². The Labute approximate surface area is 83.2 Å². The summed E-state index contributed by atoms with van der Waals surface area (Å²) >= 11 is 0. The molecule has 0 aromatic heterocycles. The van der Waals surface area contributed by atoms with E-state index in [0.717, 1.165) is 0 Å². The molecule has 0 unspecified atom stereocenters. The highest BCUT2D eigenvalue weighted by atomic mass is 28.3. The van der Waals surface area contributed by atoms with Crippen molar-refractivity contribution in [2.24, 2.45) is 0 Å². The van der Waals surface area contributed by atoms with Gasteiger partial charge in [0, 0.05) is 8.07 Å². The number of hydrogen-bond donors (Lipinski definition) is 0. The van der Waals surface area contributed by atoms with Crippen molar-refractivity contribution in [1.82, 2.24) is 0 Å². The fraction of sp³-hybridized carbons (Fsp3) is 0.636. The van der Waals surface area contributed by atoms with Gasteiger partial charge in [0.05, 0.1) is 6.61 Å². The average molecular weight is 196 g/mol. The first-order valence-electron chi connectivity index (χ1n) is 4.62. The topological polar surface area (TPSA) is 9.23 Å². The van der Waals surface area contributed by atoms with Crippen molar-refractivity contribution in [1.29, 1.82) is 0 Å².